The van der Waals surface area contributed by atoms with Crippen molar-refractivity contribution in [1.82, 2.24) is 0 Å². The first kappa shape index (κ1) is 22.1. The van der Waals surface area contributed by atoms with Crippen LogP contribution in [-0.4, -0.2) is 17.3 Å². The molecule has 0 bridgehead atoms. The number of aliphatic hydroxyl groups excluding tert-OH is 1. The van der Waals surface area contributed by atoms with Crippen molar-refractivity contribution in [3.05, 3.63) is 0 Å². The fourth-order valence-electron chi connectivity index (χ4n) is 9.41. The lowest BCUT2D eigenvalue weighted by molar-refractivity contribution is -0.136. The number of nitrogens with two attached hydrogens (primary N) is 1. The normalized spacial score (nSPS) is 50.7. The predicted octanol–water partition coefficient (Wildman–Crippen LogP) is 6.41. The van der Waals surface area contributed by atoms with Gasteiger partial charge in [-0.3, -0.25) is 0 Å². The molecule has 0 aliphatic heterocycles. The molecule has 4 aliphatic rings. The van der Waals surface area contributed by atoms with Crippen LogP contribution in [0.3, 0.4) is 0 Å². The van der Waals surface area contributed by atoms with E-state index in [1.807, 2.05) is 0 Å². The number of fused-ring (bicyclic) bond motifs is 5. The Morgan fingerprint density at radius 3 is 2.28 bits per heavy atom. The zero-order chi connectivity index (χ0) is 21.0. The molecule has 168 valence electrons. The Labute approximate surface area is 180 Å². The van der Waals surface area contributed by atoms with Crippen LogP contribution in [-0.2, 0) is 0 Å². The molecule has 3 N–H and O–H groups in total. The van der Waals surface area contributed by atoms with Crippen molar-refractivity contribution in [2.45, 2.75) is 117 Å². The van der Waals surface area contributed by atoms with Gasteiger partial charge in [0.25, 0.3) is 0 Å². The molecule has 4 saturated carbocycles. The third-order valence-electron chi connectivity index (χ3n) is 10.9. The highest BCUT2D eigenvalue weighted by molar-refractivity contribution is 5.12. The highest BCUT2D eigenvalue weighted by Crippen LogP contribution is 2.68. The van der Waals surface area contributed by atoms with Gasteiger partial charge in [-0.1, -0.05) is 53.9 Å². The molecule has 4 aliphatic carbocycles. The van der Waals surface area contributed by atoms with E-state index in [1.165, 1.54) is 57.8 Å². The zero-order valence-electron chi connectivity index (χ0n) is 20.0. The molecular weight excluding hydrogens is 354 g/mol. The molecule has 0 aromatic heterocycles. The molecule has 0 spiro atoms. The lowest BCUT2D eigenvalue weighted by Gasteiger charge is -2.62. The molecular formula is C27H49NO. The van der Waals surface area contributed by atoms with Crippen LogP contribution in [0.4, 0.5) is 0 Å². The molecule has 2 heteroatoms. The maximum absolute atomic E-state index is 10.3. The van der Waals surface area contributed by atoms with E-state index >= 15 is 0 Å². The highest BCUT2D eigenvalue weighted by Gasteiger charge is 2.61. The van der Waals surface area contributed by atoms with Crippen LogP contribution in [0.15, 0.2) is 0 Å². The molecule has 0 aromatic rings. The van der Waals surface area contributed by atoms with Gasteiger partial charge in [0.2, 0.25) is 0 Å². The molecule has 4 rings (SSSR count). The Morgan fingerprint density at radius 1 is 0.862 bits per heavy atom. The van der Waals surface area contributed by atoms with E-state index in [4.69, 9.17) is 5.73 Å². The fourth-order valence-corrected chi connectivity index (χ4v) is 9.41. The van der Waals surface area contributed by atoms with E-state index in [0.29, 0.717) is 22.8 Å². The summed E-state index contributed by atoms with van der Waals surface area (Å²) in [6, 6.07) is 0.307. The summed E-state index contributed by atoms with van der Waals surface area (Å²) in [7, 11) is 0. The largest absolute Gasteiger partial charge is 0.393 e. The summed E-state index contributed by atoms with van der Waals surface area (Å²) in [5.74, 6) is 5.79. The van der Waals surface area contributed by atoms with E-state index in [2.05, 4.69) is 34.6 Å². The van der Waals surface area contributed by atoms with E-state index in [-0.39, 0.29) is 6.10 Å². The Kier molecular flexibility index (Phi) is 6.19. The van der Waals surface area contributed by atoms with Crippen molar-refractivity contribution in [2.24, 2.45) is 58.0 Å². The first-order valence-corrected chi connectivity index (χ1v) is 13.1. The molecule has 2 nitrogen and oxygen atoms in total. The van der Waals surface area contributed by atoms with E-state index in [9.17, 15) is 5.11 Å². The van der Waals surface area contributed by atoms with Crippen LogP contribution < -0.4 is 5.73 Å². The molecule has 10 atom stereocenters. The van der Waals surface area contributed by atoms with Gasteiger partial charge in [-0.05, 0) is 104 Å². The molecule has 0 radical (unpaired) electrons. The topological polar surface area (TPSA) is 46.2 Å². The second-order valence-corrected chi connectivity index (χ2v) is 12.8. The lowest BCUT2D eigenvalue weighted by Crippen LogP contribution is -2.60. The Morgan fingerprint density at radius 2 is 1.55 bits per heavy atom. The lowest BCUT2D eigenvalue weighted by atomic mass is 9.43. The summed E-state index contributed by atoms with van der Waals surface area (Å²) in [5.41, 5.74) is 7.78. The molecule has 5 unspecified atom stereocenters. The van der Waals surface area contributed by atoms with E-state index in [1.54, 1.807) is 0 Å². The van der Waals surface area contributed by atoms with Gasteiger partial charge in [0.15, 0.2) is 0 Å². The molecule has 0 amide bonds. The Hall–Kier alpha value is -0.0800. The van der Waals surface area contributed by atoms with Gasteiger partial charge >= 0.3 is 0 Å². The first-order valence-electron chi connectivity index (χ1n) is 13.1. The van der Waals surface area contributed by atoms with Crippen molar-refractivity contribution in [2.75, 3.05) is 0 Å². The summed E-state index contributed by atoms with van der Waals surface area (Å²) >= 11 is 0. The second kappa shape index (κ2) is 8.12. The van der Waals surface area contributed by atoms with Crippen LogP contribution in [0.5, 0.6) is 0 Å². The predicted molar refractivity (Wildman–Crippen MR) is 122 cm³/mol. The minimum Gasteiger partial charge on any atom is -0.393 e. The second-order valence-electron chi connectivity index (χ2n) is 12.8. The van der Waals surface area contributed by atoms with Crippen molar-refractivity contribution < 1.29 is 5.11 Å². The number of hydrogen-bond donors (Lipinski definition) is 2. The fraction of sp³-hybridized carbons (Fsp3) is 1.00. The standard InChI is InChI=1S/C27H49NO/c1-17(2)7-6-8-18(3)21-9-10-22-20-16-25(28)24-15-19(29)11-13-27(24,5)23(20)12-14-26(21,22)4/h17-25,29H,6-16,28H2,1-5H3/t18-,19+,20?,21?,22?,23?,24?,25+,26-,27-/m1/s1. The Balaban J connectivity index is 1.50. The summed E-state index contributed by atoms with van der Waals surface area (Å²) in [6.07, 6.45) is 14.3. The molecule has 29 heavy (non-hydrogen) atoms. The smallest absolute Gasteiger partial charge is 0.0543 e. The molecule has 4 fully saturated rings. The summed E-state index contributed by atoms with van der Waals surface area (Å²) in [4.78, 5) is 0. The number of aliphatic hydroxyl groups is 1. The maximum Gasteiger partial charge on any atom is 0.0543 e. The Bertz CT molecular complexity index is 575. The van der Waals surface area contributed by atoms with Gasteiger partial charge in [0.05, 0.1) is 6.10 Å². The minimum atomic E-state index is -0.105. The van der Waals surface area contributed by atoms with Gasteiger partial charge in [0.1, 0.15) is 0 Å². The third kappa shape index (κ3) is 3.73. The van der Waals surface area contributed by atoms with Crippen LogP contribution in [0.2, 0.25) is 0 Å². The van der Waals surface area contributed by atoms with E-state index in [0.717, 1.165) is 48.3 Å². The number of rotatable bonds is 5. The summed E-state index contributed by atoms with van der Waals surface area (Å²) in [6.45, 7) is 12.5. The van der Waals surface area contributed by atoms with Gasteiger partial charge in [0, 0.05) is 6.04 Å². The monoisotopic (exact) mass is 403 g/mol. The third-order valence-corrected chi connectivity index (χ3v) is 10.9. The quantitative estimate of drug-likeness (QED) is 0.557. The zero-order valence-corrected chi connectivity index (χ0v) is 20.0. The average Bonchev–Trinajstić information content (AvgIpc) is 3.00. The van der Waals surface area contributed by atoms with Crippen molar-refractivity contribution >= 4 is 0 Å². The van der Waals surface area contributed by atoms with Crippen LogP contribution in [0, 0.1) is 52.3 Å². The number of hydrogen-bond acceptors (Lipinski definition) is 2. The van der Waals surface area contributed by atoms with Crippen LogP contribution in [0.25, 0.3) is 0 Å². The summed E-state index contributed by atoms with van der Waals surface area (Å²) in [5, 5.41) is 10.3. The van der Waals surface area contributed by atoms with Gasteiger partial charge in [-0.25, -0.2) is 0 Å². The van der Waals surface area contributed by atoms with Crippen molar-refractivity contribution in [1.29, 1.82) is 0 Å². The minimum absolute atomic E-state index is 0.105. The highest BCUT2D eigenvalue weighted by atomic mass is 16.3. The molecule has 0 aromatic carbocycles. The van der Waals surface area contributed by atoms with Crippen molar-refractivity contribution in [3.8, 4) is 0 Å². The van der Waals surface area contributed by atoms with E-state index < -0.39 is 0 Å². The average molecular weight is 404 g/mol. The van der Waals surface area contributed by atoms with Gasteiger partial charge in [-0.2, -0.15) is 0 Å². The van der Waals surface area contributed by atoms with Crippen LogP contribution in [0.1, 0.15) is 105 Å². The molecule has 0 saturated heterocycles. The van der Waals surface area contributed by atoms with Gasteiger partial charge < -0.3 is 10.8 Å². The van der Waals surface area contributed by atoms with Crippen LogP contribution >= 0.6 is 0 Å². The maximum atomic E-state index is 10.3. The SMILES string of the molecule is CC(C)CCC[C@@H](C)C1CCC2C3C[C@H](N)C4C[C@@H](O)CC[C@]4(C)C3CC[C@@]21C. The van der Waals surface area contributed by atoms with Gasteiger partial charge in [-0.15, -0.1) is 0 Å². The molecule has 0 heterocycles. The summed E-state index contributed by atoms with van der Waals surface area (Å²) < 4.78 is 0. The van der Waals surface area contributed by atoms with Crippen molar-refractivity contribution in [3.63, 3.8) is 0 Å². The first-order chi connectivity index (χ1) is 13.7.